The van der Waals surface area contributed by atoms with E-state index < -0.39 is 5.97 Å². The maximum Gasteiger partial charge on any atom is 0.335 e. The van der Waals surface area contributed by atoms with E-state index in [2.05, 4.69) is 32.6 Å². The number of unbranched alkanes of at least 4 members (excludes halogenated alkanes) is 14. The molecule has 0 spiro atoms. The van der Waals surface area contributed by atoms with Gasteiger partial charge in [-0.05, 0) is 62.7 Å². The topological polar surface area (TPSA) is 40.5 Å². The van der Waals surface area contributed by atoms with Crippen molar-refractivity contribution < 1.29 is 9.90 Å². The predicted octanol–water partition coefficient (Wildman–Crippen LogP) is 10.7. The van der Waals surface area contributed by atoms with Crippen LogP contribution in [0.15, 0.2) is 24.3 Å². The molecule has 0 heterocycles. The van der Waals surface area contributed by atoms with Crippen molar-refractivity contribution in [2.75, 3.05) is 13.1 Å². The molecule has 1 aromatic carbocycles. The Bertz CT molecular complexity index is 668. The number of carboxylic acids is 1. The summed E-state index contributed by atoms with van der Waals surface area (Å²) in [6, 6.07) is 8.22. The number of aromatic carboxylic acids is 1. The van der Waals surface area contributed by atoms with Crippen molar-refractivity contribution in [2.24, 2.45) is 5.92 Å². The Balaban J connectivity index is 2.66. The van der Waals surface area contributed by atoms with Crippen LogP contribution in [0.25, 0.3) is 0 Å². The second-order valence-electron chi connectivity index (χ2n) is 11.7. The van der Waals surface area contributed by atoms with Crippen molar-refractivity contribution in [1.82, 2.24) is 4.90 Å². The quantitative estimate of drug-likeness (QED) is 0.121. The van der Waals surface area contributed by atoms with E-state index in [4.69, 9.17) is 0 Å². The molecule has 0 aliphatic rings. The molecule has 0 aliphatic carbocycles. The zero-order valence-electron chi connectivity index (χ0n) is 25.8. The zero-order chi connectivity index (χ0) is 27.8. The molecule has 0 bridgehead atoms. The van der Waals surface area contributed by atoms with Crippen LogP contribution in [0.5, 0.6) is 0 Å². The van der Waals surface area contributed by atoms with E-state index in [1.165, 1.54) is 129 Å². The smallest absolute Gasteiger partial charge is 0.335 e. The van der Waals surface area contributed by atoms with Crippen LogP contribution < -0.4 is 0 Å². The largest absolute Gasteiger partial charge is 0.478 e. The van der Waals surface area contributed by atoms with Crippen molar-refractivity contribution in [3.63, 3.8) is 0 Å². The predicted molar refractivity (Wildman–Crippen MR) is 166 cm³/mol. The monoisotopic (exact) mass is 529 g/mol. The number of carboxylic acid groups (broad SMARTS) is 1. The Morgan fingerprint density at radius 2 is 1.16 bits per heavy atom. The van der Waals surface area contributed by atoms with Crippen molar-refractivity contribution in [2.45, 2.75) is 162 Å². The molecule has 220 valence electrons. The molecule has 1 N–H and O–H groups in total. The fourth-order valence-corrected chi connectivity index (χ4v) is 5.95. The molecule has 3 heteroatoms. The molecule has 0 aromatic heterocycles. The molecule has 2 unspecified atom stereocenters. The molecule has 3 nitrogen and oxygen atoms in total. The average Bonchev–Trinajstić information content (AvgIpc) is 2.93. The van der Waals surface area contributed by atoms with Gasteiger partial charge in [-0.3, -0.25) is 0 Å². The van der Waals surface area contributed by atoms with Crippen molar-refractivity contribution >= 4 is 5.97 Å². The second kappa shape index (κ2) is 23.5. The normalized spacial score (nSPS) is 13.2. The number of benzene rings is 1. The maximum absolute atomic E-state index is 11.8. The van der Waals surface area contributed by atoms with Crippen molar-refractivity contribution in [3.05, 3.63) is 35.4 Å². The van der Waals surface area contributed by atoms with E-state index >= 15 is 0 Å². The second-order valence-corrected chi connectivity index (χ2v) is 11.7. The molecular weight excluding hydrogens is 466 g/mol. The van der Waals surface area contributed by atoms with E-state index in [1.54, 1.807) is 6.07 Å². The van der Waals surface area contributed by atoms with E-state index in [9.17, 15) is 9.90 Å². The van der Waals surface area contributed by atoms with Crippen LogP contribution in [0, 0.1) is 5.92 Å². The van der Waals surface area contributed by atoms with E-state index in [0.717, 1.165) is 18.4 Å². The highest BCUT2D eigenvalue weighted by Crippen LogP contribution is 2.25. The number of nitrogens with zero attached hydrogens (tertiary/aromatic N) is 1. The Hall–Kier alpha value is -1.35. The van der Waals surface area contributed by atoms with Gasteiger partial charge in [0.05, 0.1) is 5.56 Å². The molecule has 0 fully saturated rings. The first-order valence-corrected chi connectivity index (χ1v) is 16.6. The summed E-state index contributed by atoms with van der Waals surface area (Å²) < 4.78 is 0. The van der Waals surface area contributed by atoms with Gasteiger partial charge in [-0.1, -0.05) is 142 Å². The molecule has 38 heavy (non-hydrogen) atoms. The van der Waals surface area contributed by atoms with Gasteiger partial charge in [0.25, 0.3) is 0 Å². The van der Waals surface area contributed by atoms with Crippen molar-refractivity contribution in [1.29, 1.82) is 0 Å². The van der Waals surface area contributed by atoms with E-state index in [1.807, 2.05) is 18.2 Å². The minimum absolute atomic E-state index is 0.480. The first-order chi connectivity index (χ1) is 18.6. The molecular formula is C35H63NO2. The summed E-state index contributed by atoms with van der Waals surface area (Å²) in [5.74, 6) is -0.270. The van der Waals surface area contributed by atoms with Crippen LogP contribution in [-0.4, -0.2) is 35.1 Å². The fourth-order valence-electron chi connectivity index (χ4n) is 5.95. The molecule has 0 aliphatic heterocycles. The molecule has 2 atom stereocenters. The Kier molecular flexibility index (Phi) is 21.5. The van der Waals surface area contributed by atoms with Gasteiger partial charge in [-0.2, -0.15) is 0 Å². The number of hydrogen-bond donors (Lipinski definition) is 1. The van der Waals surface area contributed by atoms with Crippen LogP contribution in [0.3, 0.4) is 0 Å². The molecule has 0 amide bonds. The van der Waals surface area contributed by atoms with E-state index in [-0.39, 0.29) is 0 Å². The highest BCUT2D eigenvalue weighted by molar-refractivity contribution is 5.89. The maximum atomic E-state index is 11.8. The zero-order valence-corrected chi connectivity index (χ0v) is 25.8. The lowest BCUT2D eigenvalue weighted by Crippen LogP contribution is -2.38. The van der Waals surface area contributed by atoms with Gasteiger partial charge in [0.15, 0.2) is 0 Å². The van der Waals surface area contributed by atoms with Crippen LogP contribution in [-0.2, 0) is 6.42 Å². The van der Waals surface area contributed by atoms with Crippen LogP contribution in [0.1, 0.15) is 166 Å². The summed E-state index contributed by atoms with van der Waals surface area (Å²) in [6.45, 7) is 11.7. The summed E-state index contributed by atoms with van der Waals surface area (Å²) in [5.41, 5.74) is 1.48. The summed E-state index contributed by atoms with van der Waals surface area (Å²) in [7, 11) is 0. The number of carbonyl (C=O) groups is 1. The molecule has 0 saturated heterocycles. The summed E-state index contributed by atoms with van der Waals surface area (Å²) in [5, 5.41) is 9.66. The van der Waals surface area contributed by atoms with Crippen LogP contribution in [0.4, 0.5) is 0 Å². The molecule has 1 aromatic rings. The number of rotatable bonds is 26. The van der Waals surface area contributed by atoms with Crippen molar-refractivity contribution in [3.8, 4) is 0 Å². The van der Waals surface area contributed by atoms with Gasteiger partial charge < -0.3 is 10.0 Å². The fraction of sp³-hybridized carbons (Fsp3) is 0.800. The molecule has 0 saturated carbocycles. The van der Waals surface area contributed by atoms with Gasteiger partial charge in [-0.25, -0.2) is 4.79 Å². The summed E-state index contributed by atoms with van der Waals surface area (Å²) in [6.07, 6.45) is 26.3. The standard InChI is InChI=1S/C35H63NO2/c1-5-9-11-13-15-17-19-23-27-36(28-24-20-18-16-14-12-10-6-2)33(8-4)30-31(7-3)29-32-25-21-22-26-34(32)35(37)38/h21-22,25-26,31,33H,5-20,23-24,27-30H2,1-4H3,(H,37,38). The first kappa shape index (κ1) is 34.7. The third-order valence-corrected chi connectivity index (χ3v) is 8.52. The van der Waals surface area contributed by atoms with E-state index in [0.29, 0.717) is 17.5 Å². The van der Waals surface area contributed by atoms with Gasteiger partial charge in [-0.15, -0.1) is 0 Å². The van der Waals surface area contributed by atoms with Gasteiger partial charge >= 0.3 is 5.97 Å². The Morgan fingerprint density at radius 1 is 0.684 bits per heavy atom. The Morgan fingerprint density at radius 3 is 1.61 bits per heavy atom. The summed E-state index contributed by atoms with van der Waals surface area (Å²) in [4.78, 5) is 14.6. The van der Waals surface area contributed by atoms with Crippen LogP contribution in [0.2, 0.25) is 0 Å². The first-order valence-electron chi connectivity index (χ1n) is 16.6. The summed E-state index contributed by atoms with van der Waals surface area (Å²) >= 11 is 0. The lowest BCUT2D eigenvalue weighted by molar-refractivity contribution is 0.0695. The molecule has 0 radical (unpaired) electrons. The average molecular weight is 530 g/mol. The minimum atomic E-state index is -0.798. The minimum Gasteiger partial charge on any atom is -0.478 e. The third kappa shape index (κ3) is 15.9. The number of hydrogen-bond acceptors (Lipinski definition) is 2. The van der Waals surface area contributed by atoms with Gasteiger partial charge in [0, 0.05) is 6.04 Å². The Labute approximate surface area is 237 Å². The van der Waals surface area contributed by atoms with Gasteiger partial charge in [0.1, 0.15) is 0 Å². The highest BCUT2D eigenvalue weighted by atomic mass is 16.4. The lowest BCUT2D eigenvalue weighted by atomic mass is 9.87. The SMILES string of the molecule is CCCCCCCCCCN(CCCCCCCCCC)C(CC)CC(CC)Cc1ccccc1C(=O)O. The van der Waals surface area contributed by atoms with Gasteiger partial charge in [0.2, 0.25) is 0 Å². The third-order valence-electron chi connectivity index (χ3n) is 8.52. The lowest BCUT2D eigenvalue weighted by Gasteiger charge is -2.34. The van der Waals surface area contributed by atoms with Crippen LogP contribution >= 0.6 is 0 Å². The highest BCUT2D eigenvalue weighted by Gasteiger charge is 2.22. The molecule has 1 rings (SSSR count).